The Morgan fingerprint density at radius 3 is 1.94 bits per heavy atom. The van der Waals surface area contributed by atoms with Crippen molar-refractivity contribution in [2.75, 3.05) is 11.9 Å². The molecule has 0 saturated carbocycles. The van der Waals surface area contributed by atoms with Crippen LogP contribution >= 0.6 is 15.9 Å². The Labute approximate surface area is 118 Å². The summed E-state index contributed by atoms with van der Waals surface area (Å²) < 4.78 is 0. The zero-order valence-corrected chi connectivity index (χ0v) is 12.7. The fourth-order valence-corrected chi connectivity index (χ4v) is 2.48. The minimum Gasteiger partial charge on any atom is -0.345 e. The molecule has 0 fully saturated rings. The molecule has 0 aliphatic carbocycles. The summed E-state index contributed by atoms with van der Waals surface area (Å²) in [6.45, 7) is 4.27. The molecule has 2 rings (SSSR count). The van der Waals surface area contributed by atoms with Gasteiger partial charge in [0.05, 0.1) is 0 Å². The summed E-state index contributed by atoms with van der Waals surface area (Å²) in [5.41, 5.74) is 6.35. The van der Waals surface area contributed by atoms with Crippen molar-refractivity contribution in [1.82, 2.24) is 0 Å². The minimum atomic E-state index is 0.903. The maximum atomic E-state index is 3.47. The Kier molecular flexibility index (Phi) is 4.07. The Morgan fingerprint density at radius 2 is 1.44 bits per heavy atom. The summed E-state index contributed by atoms with van der Waals surface area (Å²) in [5.74, 6) is 0. The lowest BCUT2D eigenvalue weighted by Crippen LogP contribution is -2.09. The highest BCUT2D eigenvalue weighted by Gasteiger charge is 2.05. The third kappa shape index (κ3) is 2.94. The Hall–Kier alpha value is -1.28. The average molecular weight is 304 g/mol. The number of aryl methyl sites for hydroxylation is 2. The third-order valence-electron chi connectivity index (χ3n) is 3.07. The maximum absolute atomic E-state index is 3.47. The summed E-state index contributed by atoms with van der Waals surface area (Å²) in [5, 5.41) is 0.903. The summed E-state index contributed by atoms with van der Waals surface area (Å²) in [6, 6.07) is 15.3. The zero-order valence-electron chi connectivity index (χ0n) is 11.1. The van der Waals surface area contributed by atoms with Crippen molar-refractivity contribution >= 4 is 27.3 Å². The van der Waals surface area contributed by atoms with Gasteiger partial charge < -0.3 is 4.90 Å². The average Bonchev–Trinajstić information content (AvgIpc) is 2.37. The van der Waals surface area contributed by atoms with Crippen LogP contribution in [0.4, 0.5) is 11.4 Å². The third-order valence-corrected chi connectivity index (χ3v) is 3.72. The first-order valence-corrected chi connectivity index (χ1v) is 7.19. The van der Waals surface area contributed by atoms with Crippen molar-refractivity contribution < 1.29 is 0 Å². The molecule has 0 saturated heterocycles. The Balaban J connectivity index is 2.31. The molecule has 0 N–H and O–H groups in total. The van der Waals surface area contributed by atoms with Crippen LogP contribution in [0.15, 0.2) is 42.5 Å². The molecule has 0 radical (unpaired) electrons. The van der Waals surface area contributed by atoms with Crippen LogP contribution in [0.1, 0.15) is 16.7 Å². The fraction of sp³-hybridized carbons (Fsp3) is 0.250. The molecule has 0 aliphatic heterocycles. The van der Waals surface area contributed by atoms with Gasteiger partial charge in [0, 0.05) is 23.8 Å². The van der Waals surface area contributed by atoms with Crippen molar-refractivity contribution in [2.24, 2.45) is 0 Å². The standard InChI is InChI=1S/C16H18BrN/c1-12-8-13(2)10-16(9-12)18(3)15-6-4-14(11-17)5-7-15/h4-10H,11H2,1-3H3. The van der Waals surface area contributed by atoms with Gasteiger partial charge in [-0.25, -0.2) is 0 Å². The highest BCUT2D eigenvalue weighted by atomic mass is 79.9. The molecule has 2 aromatic rings. The van der Waals surface area contributed by atoms with Crippen molar-refractivity contribution in [3.63, 3.8) is 0 Å². The van der Waals surface area contributed by atoms with Gasteiger partial charge in [-0.15, -0.1) is 0 Å². The molecule has 0 spiro atoms. The minimum absolute atomic E-state index is 0.903. The van der Waals surface area contributed by atoms with Crippen LogP contribution in [0.5, 0.6) is 0 Å². The highest BCUT2D eigenvalue weighted by Crippen LogP contribution is 2.26. The fourth-order valence-electron chi connectivity index (χ4n) is 2.10. The van der Waals surface area contributed by atoms with E-state index in [-0.39, 0.29) is 0 Å². The predicted molar refractivity (Wildman–Crippen MR) is 83.1 cm³/mol. The topological polar surface area (TPSA) is 3.24 Å². The van der Waals surface area contributed by atoms with Crippen molar-refractivity contribution in [1.29, 1.82) is 0 Å². The van der Waals surface area contributed by atoms with Gasteiger partial charge in [-0.2, -0.15) is 0 Å². The molecule has 0 atom stereocenters. The van der Waals surface area contributed by atoms with Gasteiger partial charge in [0.2, 0.25) is 0 Å². The number of alkyl halides is 1. The highest BCUT2D eigenvalue weighted by molar-refractivity contribution is 9.08. The molecule has 0 aromatic heterocycles. The first kappa shape index (κ1) is 13.2. The van der Waals surface area contributed by atoms with Gasteiger partial charge in [0.1, 0.15) is 0 Å². The van der Waals surface area contributed by atoms with Crippen LogP contribution in [-0.4, -0.2) is 7.05 Å². The van der Waals surface area contributed by atoms with E-state index in [9.17, 15) is 0 Å². The van der Waals surface area contributed by atoms with Crippen molar-refractivity contribution in [3.05, 3.63) is 59.2 Å². The van der Waals surface area contributed by atoms with Crippen molar-refractivity contribution in [2.45, 2.75) is 19.2 Å². The monoisotopic (exact) mass is 303 g/mol. The normalized spacial score (nSPS) is 10.4. The summed E-state index contributed by atoms with van der Waals surface area (Å²) in [7, 11) is 2.11. The van der Waals surface area contributed by atoms with Crippen LogP contribution in [0.3, 0.4) is 0 Å². The van der Waals surface area contributed by atoms with E-state index in [2.05, 4.69) is 84.2 Å². The van der Waals surface area contributed by atoms with E-state index in [4.69, 9.17) is 0 Å². The molecule has 94 valence electrons. The number of halogens is 1. The zero-order chi connectivity index (χ0) is 13.1. The molecule has 1 nitrogen and oxygen atoms in total. The van der Waals surface area contributed by atoms with Crippen LogP contribution in [-0.2, 0) is 5.33 Å². The van der Waals surface area contributed by atoms with Crippen LogP contribution in [0, 0.1) is 13.8 Å². The molecule has 2 heteroatoms. The molecule has 0 unspecified atom stereocenters. The van der Waals surface area contributed by atoms with E-state index in [1.807, 2.05) is 0 Å². The predicted octanol–water partition coefficient (Wildman–Crippen LogP) is 4.97. The first-order valence-electron chi connectivity index (χ1n) is 6.07. The summed E-state index contributed by atoms with van der Waals surface area (Å²) >= 11 is 3.47. The van der Waals surface area contributed by atoms with Crippen molar-refractivity contribution in [3.8, 4) is 0 Å². The van der Waals surface area contributed by atoms with Gasteiger partial charge in [0.25, 0.3) is 0 Å². The largest absolute Gasteiger partial charge is 0.345 e. The Morgan fingerprint density at radius 1 is 0.889 bits per heavy atom. The van der Waals surface area contributed by atoms with E-state index in [1.165, 1.54) is 28.1 Å². The smallest absolute Gasteiger partial charge is 0.0413 e. The number of nitrogens with zero attached hydrogens (tertiary/aromatic N) is 1. The lowest BCUT2D eigenvalue weighted by molar-refractivity contribution is 1.19. The first-order chi connectivity index (χ1) is 8.60. The number of rotatable bonds is 3. The molecule has 0 aliphatic rings. The number of anilines is 2. The second kappa shape index (κ2) is 5.57. The van der Waals surface area contributed by atoms with Gasteiger partial charge >= 0.3 is 0 Å². The van der Waals surface area contributed by atoms with E-state index in [0.29, 0.717) is 0 Å². The lowest BCUT2D eigenvalue weighted by atomic mass is 10.1. The molecular formula is C16H18BrN. The van der Waals surface area contributed by atoms with E-state index in [1.54, 1.807) is 0 Å². The lowest BCUT2D eigenvalue weighted by Gasteiger charge is -2.21. The molecule has 0 heterocycles. The second-order valence-corrected chi connectivity index (χ2v) is 5.27. The number of hydrogen-bond acceptors (Lipinski definition) is 1. The van der Waals surface area contributed by atoms with E-state index < -0.39 is 0 Å². The quantitative estimate of drug-likeness (QED) is 0.724. The Bertz CT molecular complexity index is 511. The number of benzene rings is 2. The van der Waals surface area contributed by atoms with E-state index >= 15 is 0 Å². The summed E-state index contributed by atoms with van der Waals surface area (Å²) in [6.07, 6.45) is 0. The van der Waals surface area contributed by atoms with Gasteiger partial charge in [0.15, 0.2) is 0 Å². The maximum Gasteiger partial charge on any atom is 0.0413 e. The SMILES string of the molecule is Cc1cc(C)cc(N(C)c2ccc(CBr)cc2)c1. The van der Waals surface area contributed by atoms with Crippen LogP contribution < -0.4 is 4.90 Å². The van der Waals surface area contributed by atoms with Crippen LogP contribution in [0.25, 0.3) is 0 Å². The molecule has 2 aromatic carbocycles. The van der Waals surface area contributed by atoms with Gasteiger partial charge in [-0.1, -0.05) is 34.1 Å². The number of hydrogen-bond donors (Lipinski definition) is 0. The molecule has 0 bridgehead atoms. The van der Waals surface area contributed by atoms with Crippen LogP contribution in [0.2, 0.25) is 0 Å². The molecule has 18 heavy (non-hydrogen) atoms. The van der Waals surface area contributed by atoms with Gasteiger partial charge in [-0.05, 0) is 54.8 Å². The molecular weight excluding hydrogens is 286 g/mol. The second-order valence-electron chi connectivity index (χ2n) is 4.71. The summed E-state index contributed by atoms with van der Waals surface area (Å²) in [4.78, 5) is 2.22. The molecule has 0 amide bonds. The van der Waals surface area contributed by atoms with Gasteiger partial charge in [-0.3, -0.25) is 0 Å². The van der Waals surface area contributed by atoms with E-state index in [0.717, 1.165) is 5.33 Å².